The van der Waals surface area contributed by atoms with E-state index in [1.807, 2.05) is 0 Å². The molecule has 33 heavy (non-hydrogen) atoms. The minimum atomic E-state index is -0.729. The Morgan fingerprint density at radius 1 is 1.30 bits per heavy atom. The molecule has 1 aliphatic heterocycles. The molecule has 172 valence electrons. The molecular weight excluding hydrogens is 432 g/mol. The molecule has 1 aromatic carbocycles. The maximum Gasteiger partial charge on any atom is 0.291 e. The van der Waals surface area contributed by atoms with Crippen molar-refractivity contribution in [3.63, 3.8) is 0 Å². The Labute approximate surface area is 188 Å². The first-order valence-corrected chi connectivity index (χ1v) is 10.0. The molecule has 9 nitrogen and oxygen atoms in total. The number of hydrogen-bond donors (Lipinski definition) is 5. The molecule has 1 aliphatic rings. The second-order valence-corrected chi connectivity index (χ2v) is 7.25. The van der Waals surface area contributed by atoms with Crippen LogP contribution in [0.3, 0.4) is 0 Å². The molecule has 0 spiro atoms. The highest BCUT2D eigenvalue weighted by Crippen LogP contribution is 2.27. The quantitative estimate of drug-likeness (QED) is 0.357. The van der Waals surface area contributed by atoms with Gasteiger partial charge < -0.3 is 26.0 Å². The number of nitrogens with zero attached hydrogens (tertiary/aromatic N) is 3. The number of halogens is 2. The predicted octanol–water partition coefficient (Wildman–Crippen LogP) is 2.75. The Bertz CT molecular complexity index is 1140. The molecule has 1 unspecified atom stereocenters. The molecule has 5 N–H and O–H groups in total. The number of pyridine rings is 1. The van der Waals surface area contributed by atoms with Crippen LogP contribution in [0.25, 0.3) is 5.70 Å². The van der Waals surface area contributed by atoms with Crippen LogP contribution in [0.4, 0.5) is 14.5 Å². The fraction of sp³-hybridized carbons (Fsp3) is 0.227. The number of aliphatic imine (C=N–C) groups is 1. The van der Waals surface area contributed by atoms with Crippen LogP contribution in [0.1, 0.15) is 18.9 Å². The molecule has 1 aromatic heterocycles. The van der Waals surface area contributed by atoms with E-state index in [9.17, 15) is 18.7 Å². The van der Waals surface area contributed by atoms with Crippen LogP contribution in [0.2, 0.25) is 0 Å². The molecule has 2 heterocycles. The van der Waals surface area contributed by atoms with Crippen LogP contribution >= 0.6 is 0 Å². The number of carbonyl (C=O) groups is 1. The average molecular weight is 455 g/mol. The van der Waals surface area contributed by atoms with E-state index in [0.717, 1.165) is 12.4 Å². The van der Waals surface area contributed by atoms with Gasteiger partial charge in [-0.25, -0.2) is 18.8 Å². The second kappa shape index (κ2) is 9.98. The van der Waals surface area contributed by atoms with Gasteiger partial charge in [-0.2, -0.15) is 0 Å². The van der Waals surface area contributed by atoms with Crippen LogP contribution in [-0.4, -0.2) is 58.4 Å². The van der Waals surface area contributed by atoms with Crippen LogP contribution in [-0.2, 0) is 4.79 Å². The summed E-state index contributed by atoms with van der Waals surface area (Å²) >= 11 is 0. The second-order valence-electron chi connectivity index (χ2n) is 7.25. The minimum absolute atomic E-state index is 0.103. The van der Waals surface area contributed by atoms with E-state index < -0.39 is 29.4 Å². The van der Waals surface area contributed by atoms with E-state index in [2.05, 4.69) is 20.6 Å². The lowest BCUT2D eigenvalue weighted by molar-refractivity contribution is -0.125. The van der Waals surface area contributed by atoms with E-state index in [1.165, 1.54) is 29.3 Å². The number of amides is 1. The molecule has 0 aliphatic carbocycles. The van der Waals surface area contributed by atoms with Crippen molar-refractivity contribution in [2.75, 3.05) is 18.9 Å². The number of nitrogens with one attached hydrogen (secondary N) is 4. The summed E-state index contributed by atoms with van der Waals surface area (Å²) in [6, 6.07) is 5.37. The summed E-state index contributed by atoms with van der Waals surface area (Å²) in [5.74, 6) is -2.84. The smallest absolute Gasteiger partial charge is 0.291 e. The van der Waals surface area contributed by atoms with Crippen LogP contribution in [0.15, 0.2) is 47.1 Å². The van der Waals surface area contributed by atoms with E-state index >= 15 is 0 Å². The SMILES string of the molecule is CN/C(=C1/CCN(C(=O)C(=N)/N=C\Nc2ccnc(O)c2)C(C)C1=N)c1cc(F)cc(F)c1. The summed E-state index contributed by atoms with van der Waals surface area (Å²) in [6.07, 6.45) is 2.79. The van der Waals surface area contributed by atoms with Gasteiger partial charge in [0.1, 0.15) is 11.6 Å². The van der Waals surface area contributed by atoms with Crippen molar-refractivity contribution in [1.82, 2.24) is 15.2 Å². The average Bonchev–Trinajstić information content (AvgIpc) is 2.76. The van der Waals surface area contributed by atoms with Crippen LogP contribution in [0.5, 0.6) is 5.88 Å². The van der Waals surface area contributed by atoms with E-state index in [-0.39, 0.29) is 30.1 Å². The zero-order chi connectivity index (χ0) is 24.1. The standard InChI is InChI=1S/C22H23F2N7O2/c1-12-19(25)17(20(27-2)13-7-14(23)9-15(24)8-13)4-6-31(12)22(33)21(26)30-11-29-16-3-5-28-18(32)10-16/h3,5,7-12,25,27H,4,6H2,1-2H3,(H3,26,28,29,30,32)/b20-17-,25-19?. The molecule has 0 saturated carbocycles. The Morgan fingerprint density at radius 2 is 2.00 bits per heavy atom. The lowest BCUT2D eigenvalue weighted by atomic mass is 9.91. The molecule has 0 radical (unpaired) electrons. The number of rotatable bonds is 4. The van der Waals surface area contributed by atoms with Crippen LogP contribution < -0.4 is 10.6 Å². The maximum atomic E-state index is 13.7. The van der Waals surface area contributed by atoms with Gasteiger partial charge in [-0.15, -0.1) is 0 Å². The summed E-state index contributed by atoms with van der Waals surface area (Å²) in [5.41, 5.74) is 1.80. The van der Waals surface area contributed by atoms with E-state index in [4.69, 9.17) is 10.8 Å². The lowest BCUT2D eigenvalue weighted by Crippen LogP contribution is -2.50. The molecule has 2 aromatic rings. The van der Waals surface area contributed by atoms with Crippen molar-refractivity contribution in [1.29, 1.82) is 10.8 Å². The zero-order valence-electron chi connectivity index (χ0n) is 18.0. The normalized spacial score (nSPS) is 17.8. The summed E-state index contributed by atoms with van der Waals surface area (Å²) in [4.78, 5) is 21.5. The van der Waals surface area contributed by atoms with Crippen molar-refractivity contribution in [3.05, 3.63) is 59.3 Å². The predicted molar refractivity (Wildman–Crippen MR) is 122 cm³/mol. The third-order valence-electron chi connectivity index (χ3n) is 5.15. The fourth-order valence-corrected chi connectivity index (χ4v) is 3.54. The third kappa shape index (κ3) is 5.37. The highest BCUT2D eigenvalue weighted by Gasteiger charge is 2.33. The first-order valence-electron chi connectivity index (χ1n) is 10.0. The van der Waals surface area contributed by atoms with Crippen molar-refractivity contribution < 1.29 is 18.7 Å². The van der Waals surface area contributed by atoms with E-state index in [1.54, 1.807) is 20.0 Å². The Morgan fingerprint density at radius 3 is 2.64 bits per heavy atom. The molecule has 1 atom stereocenters. The Hall–Kier alpha value is -4.15. The Kier molecular flexibility index (Phi) is 7.11. The molecule has 3 rings (SSSR count). The topological polar surface area (TPSA) is 138 Å². The largest absolute Gasteiger partial charge is 0.493 e. The van der Waals surface area contributed by atoms with Gasteiger partial charge in [0.25, 0.3) is 5.91 Å². The van der Waals surface area contributed by atoms with Gasteiger partial charge in [-0.3, -0.25) is 10.2 Å². The number of carbonyl (C=O) groups excluding carboxylic acids is 1. The molecule has 1 fully saturated rings. The number of anilines is 1. The van der Waals surface area contributed by atoms with Gasteiger partial charge in [0.05, 0.1) is 18.1 Å². The number of aromatic nitrogens is 1. The van der Waals surface area contributed by atoms with Gasteiger partial charge in [0.15, 0.2) is 0 Å². The van der Waals surface area contributed by atoms with Gasteiger partial charge >= 0.3 is 0 Å². The monoisotopic (exact) mass is 455 g/mol. The highest BCUT2D eigenvalue weighted by molar-refractivity contribution is 6.38. The Balaban J connectivity index is 1.74. The number of benzene rings is 1. The maximum absolute atomic E-state index is 13.7. The van der Waals surface area contributed by atoms with Gasteiger partial charge in [-0.1, -0.05) is 0 Å². The summed E-state index contributed by atoms with van der Waals surface area (Å²) < 4.78 is 27.4. The number of piperidine rings is 1. The first-order chi connectivity index (χ1) is 15.7. The van der Waals surface area contributed by atoms with Gasteiger partial charge in [-0.05, 0) is 31.5 Å². The van der Waals surface area contributed by atoms with Gasteiger partial charge in [0, 0.05) is 54.4 Å². The first kappa shape index (κ1) is 23.5. The molecular formula is C22H23F2N7O2. The molecule has 0 bridgehead atoms. The molecule has 1 amide bonds. The lowest BCUT2D eigenvalue weighted by Gasteiger charge is -2.36. The van der Waals surface area contributed by atoms with Crippen molar-refractivity contribution >= 4 is 35.2 Å². The number of amidine groups is 1. The van der Waals surface area contributed by atoms with Crippen molar-refractivity contribution in [2.45, 2.75) is 19.4 Å². The number of hydrogen-bond acceptors (Lipinski definition) is 6. The fourth-order valence-electron chi connectivity index (χ4n) is 3.54. The summed E-state index contributed by atoms with van der Waals surface area (Å²) in [6.45, 7) is 1.85. The summed E-state index contributed by atoms with van der Waals surface area (Å²) in [5, 5.41) is 31.5. The van der Waals surface area contributed by atoms with Crippen molar-refractivity contribution in [3.8, 4) is 5.88 Å². The van der Waals surface area contributed by atoms with Gasteiger partial charge in [0.2, 0.25) is 11.7 Å². The van der Waals surface area contributed by atoms with Crippen LogP contribution in [0, 0.1) is 22.5 Å². The van der Waals surface area contributed by atoms with E-state index in [0.29, 0.717) is 17.0 Å². The summed E-state index contributed by atoms with van der Waals surface area (Å²) in [7, 11) is 1.60. The minimum Gasteiger partial charge on any atom is -0.493 e. The van der Waals surface area contributed by atoms with Crippen molar-refractivity contribution in [2.24, 2.45) is 4.99 Å². The zero-order valence-corrected chi connectivity index (χ0v) is 18.0. The number of likely N-dealkylation sites (tertiary alicyclic amines) is 1. The third-order valence-corrected chi connectivity index (χ3v) is 5.15. The highest BCUT2D eigenvalue weighted by atomic mass is 19.1. The number of aromatic hydroxyl groups is 1. The molecule has 1 saturated heterocycles. The molecule has 11 heteroatoms.